The zero-order valence-electron chi connectivity index (χ0n) is 25.0. The van der Waals surface area contributed by atoms with Crippen LogP contribution in [0.25, 0.3) is 0 Å². The summed E-state index contributed by atoms with van der Waals surface area (Å²) >= 11 is 18.4. The molecule has 1 aliphatic carbocycles. The van der Waals surface area contributed by atoms with E-state index in [2.05, 4.69) is 5.32 Å². The van der Waals surface area contributed by atoms with Crippen molar-refractivity contribution in [3.05, 3.63) is 87.7 Å². The van der Waals surface area contributed by atoms with Crippen LogP contribution in [-0.4, -0.2) is 40.1 Å². The number of amides is 3. The topological polar surface area (TPSA) is 87.3 Å². The van der Waals surface area contributed by atoms with Gasteiger partial charge >= 0.3 is 18.5 Å². The Morgan fingerprint density at radius 2 is 1.35 bits per heavy atom. The van der Waals surface area contributed by atoms with E-state index in [4.69, 9.17) is 34.8 Å². The van der Waals surface area contributed by atoms with Crippen LogP contribution in [0.4, 0.5) is 74.1 Å². The van der Waals surface area contributed by atoms with Gasteiger partial charge in [0.05, 0.1) is 27.8 Å². The lowest BCUT2D eigenvalue weighted by molar-refractivity contribution is -0.342. The normalized spacial score (nSPS) is 17.4. The van der Waals surface area contributed by atoms with Crippen molar-refractivity contribution in [2.24, 2.45) is 5.92 Å². The maximum absolute atomic E-state index is 15.1. The van der Waals surface area contributed by atoms with E-state index in [1.54, 1.807) is 0 Å². The minimum atomic E-state index is -6.49. The summed E-state index contributed by atoms with van der Waals surface area (Å²) in [5.41, 5.74) is -10.7. The molecular formula is C30H17Cl3F13N3O3. The first-order chi connectivity index (χ1) is 23.7. The van der Waals surface area contributed by atoms with Crippen molar-refractivity contribution in [1.29, 1.82) is 0 Å². The number of rotatable bonds is 9. The minimum absolute atomic E-state index is 0.196. The van der Waals surface area contributed by atoms with Gasteiger partial charge in [-0.2, -0.15) is 39.5 Å². The lowest BCUT2D eigenvalue weighted by Gasteiger charge is -2.29. The molecule has 4 rings (SSSR count). The second kappa shape index (κ2) is 14.1. The first kappa shape index (κ1) is 40.8. The van der Waals surface area contributed by atoms with E-state index in [0.29, 0.717) is 24.3 Å². The van der Waals surface area contributed by atoms with Gasteiger partial charge in [-0.15, -0.1) is 23.2 Å². The molecule has 0 saturated heterocycles. The van der Waals surface area contributed by atoms with E-state index < -0.39 is 111 Å². The predicted molar refractivity (Wildman–Crippen MR) is 160 cm³/mol. The molecule has 1 saturated carbocycles. The number of hydrogen-bond donors (Lipinski definition) is 3. The van der Waals surface area contributed by atoms with Gasteiger partial charge in [-0.05, 0) is 48.0 Å². The summed E-state index contributed by atoms with van der Waals surface area (Å²) in [5.74, 6) is -11.7. The van der Waals surface area contributed by atoms with Gasteiger partial charge in [-0.1, -0.05) is 17.7 Å². The second-order valence-electron chi connectivity index (χ2n) is 11.1. The fourth-order valence-electron chi connectivity index (χ4n) is 4.90. The van der Waals surface area contributed by atoms with Crippen LogP contribution in [0, 0.1) is 23.4 Å². The summed E-state index contributed by atoms with van der Waals surface area (Å²) in [4.78, 5) is 38.1. The average molecular weight is 821 g/mol. The molecule has 1 aliphatic rings. The molecule has 282 valence electrons. The molecular weight excluding hydrogens is 804 g/mol. The van der Waals surface area contributed by atoms with Crippen LogP contribution in [0.2, 0.25) is 5.02 Å². The maximum atomic E-state index is 15.1. The summed E-state index contributed by atoms with van der Waals surface area (Å²) in [6.07, 6.45) is -22.4. The summed E-state index contributed by atoms with van der Waals surface area (Å²) in [6.45, 7) is 0. The van der Waals surface area contributed by atoms with E-state index >= 15 is 4.39 Å². The second-order valence-corrected chi connectivity index (χ2v) is 13.0. The van der Waals surface area contributed by atoms with Crippen LogP contribution < -0.4 is 16.0 Å². The van der Waals surface area contributed by atoms with Gasteiger partial charge in [-0.25, -0.2) is 17.6 Å². The molecule has 2 atom stereocenters. The Balaban J connectivity index is 1.48. The third kappa shape index (κ3) is 8.15. The molecule has 0 radical (unpaired) electrons. The van der Waals surface area contributed by atoms with Crippen molar-refractivity contribution >= 4 is 69.6 Å². The van der Waals surface area contributed by atoms with E-state index in [-0.39, 0.29) is 16.3 Å². The third-order valence-corrected chi connectivity index (χ3v) is 8.94. The molecule has 0 spiro atoms. The number of carbonyl (C=O) groups is 3. The quantitative estimate of drug-likeness (QED) is 0.148. The molecule has 3 aromatic carbocycles. The first-order valence-corrected chi connectivity index (χ1v) is 15.1. The molecule has 3 amide bonds. The fourth-order valence-corrected chi connectivity index (χ4v) is 5.93. The van der Waals surface area contributed by atoms with Crippen molar-refractivity contribution in [1.82, 2.24) is 0 Å². The van der Waals surface area contributed by atoms with Gasteiger partial charge in [0.25, 0.3) is 11.6 Å². The van der Waals surface area contributed by atoms with Crippen molar-refractivity contribution in [2.45, 2.75) is 47.3 Å². The Morgan fingerprint density at radius 3 is 1.92 bits per heavy atom. The molecule has 0 aromatic heterocycles. The molecule has 0 aliphatic heterocycles. The average Bonchev–Trinajstić information content (AvgIpc) is 3.60. The highest BCUT2D eigenvalue weighted by Gasteiger charge is 2.72. The Morgan fingerprint density at radius 1 is 0.750 bits per heavy atom. The van der Waals surface area contributed by atoms with Gasteiger partial charge in [0.15, 0.2) is 5.82 Å². The summed E-state index contributed by atoms with van der Waals surface area (Å²) in [7, 11) is 0. The van der Waals surface area contributed by atoms with Crippen LogP contribution in [0.1, 0.15) is 40.2 Å². The molecule has 3 N–H and O–H groups in total. The highest BCUT2D eigenvalue weighted by molar-refractivity contribution is 6.53. The van der Waals surface area contributed by atoms with Crippen molar-refractivity contribution in [2.75, 3.05) is 16.0 Å². The van der Waals surface area contributed by atoms with Gasteiger partial charge in [0.2, 0.25) is 11.8 Å². The van der Waals surface area contributed by atoms with Gasteiger partial charge in [0, 0.05) is 24.4 Å². The zero-order valence-corrected chi connectivity index (χ0v) is 27.2. The van der Waals surface area contributed by atoms with Crippen LogP contribution >= 0.6 is 34.8 Å². The number of nitrogens with one attached hydrogen (secondary N) is 3. The van der Waals surface area contributed by atoms with Gasteiger partial charge in [0.1, 0.15) is 21.7 Å². The Kier molecular flexibility index (Phi) is 11.1. The van der Waals surface area contributed by atoms with E-state index in [9.17, 15) is 67.1 Å². The molecule has 0 bridgehead atoms. The first-order valence-electron chi connectivity index (χ1n) is 14.0. The van der Waals surface area contributed by atoms with Crippen molar-refractivity contribution < 1.29 is 71.5 Å². The van der Waals surface area contributed by atoms with E-state index in [1.165, 1.54) is 5.32 Å². The molecule has 0 unspecified atom stereocenters. The predicted octanol–water partition coefficient (Wildman–Crippen LogP) is 10.1. The maximum Gasteiger partial charge on any atom is 0.431 e. The number of benzene rings is 3. The van der Waals surface area contributed by atoms with Gasteiger partial charge < -0.3 is 16.0 Å². The number of anilines is 3. The highest BCUT2D eigenvalue weighted by atomic mass is 35.5. The molecule has 3 aromatic rings. The third-order valence-electron chi connectivity index (χ3n) is 7.67. The summed E-state index contributed by atoms with van der Waals surface area (Å²) in [5, 5.41) is 5.30. The Labute approximate surface area is 297 Å². The minimum Gasteiger partial charge on any atom is -0.326 e. The number of alkyl halides is 12. The lowest BCUT2D eigenvalue weighted by Crippen LogP contribution is -2.53. The van der Waals surface area contributed by atoms with Crippen LogP contribution in [0.15, 0.2) is 48.5 Å². The van der Waals surface area contributed by atoms with E-state index in [0.717, 1.165) is 24.3 Å². The Bertz CT molecular complexity index is 1900. The molecule has 22 heteroatoms. The smallest absolute Gasteiger partial charge is 0.326 e. The van der Waals surface area contributed by atoms with Crippen LogP contribution in [0.3, 0.4) is 0 Å². The molecule has 6 nitrogen and oxygen atoms in total. The number of hydrogen-bond acceptors (Lipinski definition) is 3. The molecule has 52 heavy (non-hydrogen) atoms. The summed E-state index contributed by atoms with van der Waals surface area (Å²) < 4.78 is 171. The standard InChI is InChI=1S/C30H17Cl3F13N3O3/c31-15-3-2-12(47-25(52)21-20(27(21,32)33)11-1-4-16(34)14(9-11)28(38,39)40)10-13(15)24(51)48-18-6-5-17(35)23(22(18)36)49-19(50)7-8-26(37,29(41,42)43)30(44,45)46/h1-6,9-10,20-21H,7-8H2,(H,47,52)(H,48,51)(H,49,50)/t20-,21+/m0/s1. The lowest BCUT2D eigenvalue weighted by atomic mass is 9.98. The SMILES string of the molecule is O=C(CCC(F)(C(F)(F)F)C(F)(F)F)Nc1c(F)ccc(NC(=O)c2cc(NC(=O)[C@H]3[C@H](c4ccc(F)c(C(F)(F)F)c4)C3(Cl)Cl)ccc2Cl)c1F. The van der Waals surface area contributed by atoms with Crippen LogP contribution in [-0.2, 0) is 15.8 Å². The molecule has 1 fully saturated rings. The monoisotopic (exact) mass is 819 g/mol. The molecule has 0 heterocycles. The zero-order chi connectivity index (χ0) is 39.4. The number of carbonyl (C=O) groups excluding carboxylic acids is 3. The Hall–Kier alpha value is -3.97. The van der Waals surface area contributed by atoms with Gasteiger partial charge in [-0.3, -0.25) is 14.4 Å². The van der Waals surface area contributed by atoms with E-state index in [1.807, 2.05) is 5.32 Å². The highest BCUT2D eigenvalue weighted by Crippen LogP contribution is 2.65. The largest absolute Gasteiger partial charge is 0.431 e. The van der Waals surface area contributed by atoms with Crippen molar-refractivity contribution in [3.63, 3.8) is 0 Å². The van der Waals surface area contributed by atoms with Crippen LogP contribution in [0.5, 0.6) is 0 Å². The van der Waals surface area contributed by atoms with Crippen molar-refractivity contribution in [3.8, 4) is 0 Å². The number of halogens is 16. The summed E-state index contributed by atoms with van der Waals surface area (Å²) in [6, 6.07) is 6.08. The fraction of sp³-hybridized carbons (Fsp3) is 0.300.